The molecule has 170 valence electrons. The molecule has 2 amide bonds. The number of nitrogens with zero attached hydrogens (tertiary/aromatic N) is 3. The van der Waals surface area contributed by atoms with Crippen molar-refractivity contribution in [2.45, 2.75) is 69.2 Å². The van der Waals surface area contributed by atoms with Gasteiger partial charge in [-0.15, -0.1) is 0 Å². The summed E-state index contributed by atoms with van der Waals surface area (Å²) in [7, 11) is 0. The van der Waals surface area contributed by atoms with Crippen LogP contribution in [0, 0.1) is 5.92 Å². The third kappa shape index (κ3) is 4.32. The average Bonchev–Trinajstić information content (AvgIpc) is 3.45. The Labute approximate surface area is 178 Å². The number of hydrogen-bond donors (Lipinski definition) is 3. The number of carbonyl (C=O) groups excluding carboxylic acids is 1. The molecule has 6 unspecified atom stereocenters. The smallest absolute Gasteiger partial charge is 0.317 e. The number of alkyl halides is 1. The number of nitrogens with one attached hydrogen (secondary N) is 3. The minimum atomic E-state index is -0.787. The first-order valence-electron chi connectivity index (χ1n) is 12.0. The lowest BCUT2D eigenvalue weighted by Gasteiger charge is -2.46. The molecule has 30 heavy (non-hydrogen) atoms. The van der Waals surface area contributed by atoms with Crippen LogP contribution < -0.4 is 16.0 Å². The SMILES string of the molecule is O=C(NC1CCC(F)C(C2CCN3C(NCC3N3CCOCC3)N2)C1)N1CCCC1. The van der Waals surface area contributed by atoms with E-state index in [0.29, 0.717) is 12.6 Å². The Morgan fingerprint density at radius 2 is 1.83 bits per heavy atom. The monoisotopic (exact) mass is 424 g/mol. The molecule has 5 fully saturated rings. The lowest BCUT2D eigenvalue weighted by Crippen LogP contribution is -2.63. The Bertz CT molecular complexity index is 600. The topological polar surface area (TPSA) is 72.1 Å². The van der Waals surface area contributed by atoms with Crippen molar-refractivity contribution >= 4 is 6.03 Å². The van der Waals surface area contributed by atoms with Crippen molar-refractivity contribution in [3.8, 4) is 0 Å². The fourth-order valence-corrected chi connectivity index (χ4v) is 6.08. The van der Waals surface area contributed by atoms with Crippen LogP contribution >= 0.6 is 0 Å². The summed E-state index contributed by atoms with van der Waals surface area (Å²) in [5.41, 5.74) is 0. The third-order valence-electron chi connectivity index (χ3n) is 7.80. The normalized spacial score (nSPS) is 41.0. The molecule has 5 aliphatic rings. The van der Waals surface area contributed by atoms with Crippen molar-refractivity contribution < 1.29 is 13.9 Å². The van der Waals surface area contributed by atoms with Gasteiger partial charge in [-0.05, 0) is 38.5 Å². The Hall–Kier alpha value is -1.00. The highest BCUT2D eigenvalue weighted by Crippen LogP contribution is 2.34. The Balaban J connectivity index is 1.16. The molecular weight excluding hydrogens is 387 g/mol. The number of hydrogen-bond acceptors (Lipinski definition) is 6. The van der Waals surface area contributed by atoms with E-state index >= 15 is 0 Å². The highest BCUT2D eigenvalue weighted by molar-refractivity contribution is 5.74. The molecule has 9 heteroatoms. The van der Waals surface area contributed by atoms with Gasteiger partial charge in [0.1, 0.15) is 12.5 Å². The van der Waals surface area contributed by atoms with E-state index < -0.39 is 6.17 Å². The van der Waals surface area contributed by atoms with Gasteiger partial charge in [0.15, 0.2) is 0 Å². The zero-order chi connectivity index (χ0) is 20.5. The number of morpholine rings is 1. The van der Waals surface area contributed by atoms with Crippen molar-refractivity contribution in [1.82, 2.24) is 30.7 Å². The highest BCUT2D eigenvalue weighted by atomic mass is 19.1. The van der Waals surface area contributed by atoms with Crippen LogP contribution in [0.25, 0.3) is 0 Å². The molecule has 8 nitrogen and oxygen atoms in total. The van der Waals surface area contributed by atoms with E-state index in [4.69, 9.17) is 4.74 Å². The number of urea groups is 1. The molecule has 4 heterocycles. The molecule has 4 aliphatic heterocycles. The van der Waals surface area contributed by atoms with Crippen molar-refractivity contribution in [1.29, 1.82) is 0 Å². The van der Waals surface area contributed by atoms with E-state index in [-0.39, 0.29) is 30.3 Å². The quantitative estimate of drug-likeness (QED) is 0.613. The Morgan fingerprint density at radius 3 is 2.63 bits per heavy atom. The number of amides is 2. The first kappa shape index (κ1) is 20.9. The van der Waals surface area contributed by atoms with Crippen LogP contribution in [0.2, 0.25) is 0 Å². The predicted molar refractivity (Wildman–Crippen MR) is 112 cm³/mol. The second-order valence-corrected chi connectivity index (χ2v) is 9.57. The number of halogens is 1. The van der Waals surface area contributed by atoms with Gasteiger partial charge in [0.05, 0.1) is 19.4 Å². The minimum absolute atomic E-state index is 0.0333. The van der Waals surface area contributed by atoms with E-state index in [1.54, 1.807) is 0 Å². The predicted octanol–water partition coefficient (Wildman–Crippen LogP) is 0.508. The summed E-state index contributed by atoms with van der Waals surface area (Å²) in [5.74, 6) is -0.0333. The molecule has 1 aliphatic carbocycles. The van der Waals surface area contributed by atoms with Crippen molar-refractivity contribution in [2.75, 3.05) is 52.5 Å². The average molecular weight is 425 g/mol. The number of carbonyl (C=O) groups is 1. The van der Waals surface area contributed by atoms with Gasteiger partial charge in [0.25, 0.3) is 0 Å². The molecule has 1 saturated carbocycles. The van der Waals surface area contributed by atoms with Crippen LogP contribution in [-0.2, 0) is 4.74 Å². The van der Waals surface area contributed by atoms with Crippen molar-refractivity contribution in [2.24, 2.45) is 5.92 Å². The first-order chi connectivity index (χ1) is 14.7. The second kappa shape index (κ2) is 9.24. The van der Waals surface area contributed by atoms with Gasteiger partial charge in [-0.2, -0.15) is 0 Å². The van der Waals surface area contributed by atoms with Gasteiger partial charge in [-0.3, -0.25) is 20.4 Å². The Kier molecular flexibility index (Phi) is 6.43. The molecule has 0 aromatic heterocycles. The lowest BCUT2D eigenvalue weighted by molar-refractivity contribution is -0.0430. The van der Waals surface area contributed by atoms with Crippen LogP contribution in [0.3, 0.4) is 0 Å². The molecule has 0 spiro atoms. The van der Waals surface area contributed by atoms with E-state index in [0.717, 1.165) is 84.6 Å². The summed E-state index contributed by atoms with van der Waals surface area (Å²) in [5, 5.41) is 10.5. The van der Waals surface area contributed by atoms with Crippen molar-refractivity contribution in [3.05, 3.63) is 0 Å². The molecular formula is C21H37FN6O2. The molecule has 6 atom stereocenters. The number of ether oxygens (including phenoxy) is 1. The van der Waals surface area contributed by atoms with Crippen LogP contribution in [0.4, 0.5) is 9.18 Å². The standard InChI is InChI=1S/C21H37FN6O2/c22-17-4-3-15(24-21(29)27-6-1-2-7-27)13-16(17)18-5-8-28-19(14-23-20(28)25-18)26-9-11-30-12-10-26/h15-20,23,25H,1-14H2,(H,24,29). The van der Waals surface area contributed by atoms with Gasteiger partial charge >= 0.3 is 6.03 Å². The molecule has 4 saturated heterocycles. The number of likely N-dealkylation sites (tertiary alicyclic amines) is 1. The van der Waals surface area contributed by atoms with Crippen molar-refractivity contribution in [3.63, 3.8) is 0 Å². The largest absolute Gasteiger partial charge is 0.379 e. The minimum Gasteiger partial charge on any atom is -0.379 e. The van der Waals surface area contributed by atoms with Gasteiger partial charge in [-0.25, -0.2) is 9.18 Å². The zero-order valence-corrected chi connectivity index (χ0v) is 17.9. The number of fused-ring (bicyclic) bond motifs is 1. The molecule has 5 rings (SSSR count). The Morgan fingerprint density at radius 1 is 1.03 bits per heavy atom. The van der Waals surface area contributed by atoms with Crippen LogP contribution in [0.1, 0.15) is 38.5 Å². The third-order valence-corrected chi connectivity index (χ3v) is 7.80. The fourth-order valence-electron chi connectivity index (χ4n) is 6.08. The maximum atomic E-state index is 14.9. The number of rotatable bonds is 3. The molecule has 0 aromatic carbocycles. The van der Waals surface area contributed by atoms with Gasteiger partial charge < -0.3 is 15.0 Å². The van der Waals surface area contributed by atoms with Gasteiger partial charge in [0.2, 0.25) is 0 Å². The maximum Gasteiger partial charge on any atom is 0.317 e. The van der Waals surface area contributed by atoms with Crippen LogP contribution in [0.15, 0.2) is 0 Å². The first-order valence-corrected chi connectivity index (χ1v) is 12.0. The zero-order valence-electron chi connectivity index (χ0n) is 17.9. The summed E-state index contributed by atoms with van der Waals surface area (Å²) in [6, 6.07) is 0.290. The summed E-state index contributed by atoms with van der Waals surface area (Å²) >= 11 is 0. The summed E-state index contributed by atoms with van der Waals surface area (Å²) in [6.07, 6.45) is 4.89. The summed E-state index contributed by atoms with van der Waals surface area (Å²) < 4.78 is 20.4. The molecule has 0 bridgehead atoms. The second-order valence-electron chi connectivity index (χ2n) is 9.57. The van der Waals surface area contributed by atoms with E-state index in [1.807, 2.05) is 4.90 Å². The van der Waals surface area contributed by atoms with E-state index in [2.05, 4.69) is 25.8 Å². The maximum absolute atomic E-state index is 14.9. The summed E-state index contributed by atoms with van der Waals surface area (Å²) in [4.78, 5) is 19.4. The van der Waals surface area contributed by atoms with Crippen LogP contribution in [0.5, 0.6) is 0 Å². The summed E-state index contributed by atoms with van der Waals surface area (Å²) in [6.45, 7) is 7.19. The molecule has 0 radical (unpaired) electrons. The van der Waals surface area contributed by atoms with Gasteiger partial charge in [0, 0.05) is 57.3 Å². The molecule has 3 N–H and O–H groups in total. The fraction of sp³-hybridized carbons (Fsp3) is 0.952. The van der Waals surface area contributed by atoms with Crippen LogP contribution in [-0.4, -0.2) is 104 Å². The molecule has 0 aromatic rings. The van der Waals surface area contributed by atoms with Gasteiger partial charge in [-0.1, -0.05) is 0 Å². The van der Waals surface area contributed by atoms with E-state index in [9.17, 15) is 9.18 Å². The van der Waals surface area contributed by atoms with E-state index in [1.165, 1.54) is 0 Å². The lowest BCUT2D eigenvalue weighted by atomic mass is 9.78. The highest BCUT2D eigenvalue weighted by Gasteiger charge is 2.45.